The third-order valence-corrected chi connectivity index (χ3v) is 7.35. The molecule has 0 aliphatic carbocycles. The molecule has 2 N–H and O–H groups in total. The lowest BCUT2D eigenvalue weighted by Gasteiger charge is -2.32. The average Bonchev–Trinajstić information content (AvgIpc) is 2.96. The first-order valence-corrected chi connectivity index (χ1v) is 15.9. The molecule has 1 amide bonds. The minimum Gasteiger partial charge on any atom is -0.430 e. The molecular weight excluding hydrogens is 599 g/mol. The zero-order valence-electron chi connectivity index (χ0n) is 25.0. The molecule has 1 heterocycles. The molecule has 1 aliphatic rings. The molecule has 0 spiro atoms. The number of thioether (sulfide) groups is 1. The van der Waals surface area contributed by atoms with Crippen molar-refractivity contribution in [2.24, 2.45) is 0 Å². The van der Waals surface area contributed by atoms with E-state index in [0.29, 0.717) is 25.5 Å². The number of halogens is 3. The molecule has 1 aliphatic heterocycles. The molecule has 0 saturated carbocycles. The normalized spacial score (nSPS) is 13.6. The van der Waals surface area contributed by atoms with E-state index < -0.39 is 5.85 Å². The summed E-state index contributed by atoms with van der Waals surface area (Å²) in [5.41, 5.74) is 4.63. The number of hydrogen-bond acceptors (Lipinski definition) is 6. The molecule has 2 aromatic rings. The SMILES string of the molecule is C=C1CSC=C(COCc2ccc(Cl)cc2)N1CCCNC.CCC(C)c1ccc(OC(F)(F)P)cc1.CCNC=O. The van der Waals surface area contributed by atoms with Gasteiger partial charge in [0.05, 0.1) is 18.9 Å². The van der Waals surface area contributed by atoms with Crippen LogP contribution in [0.2, 0.25) is 5.02 Å². The summed E-state index contributed by atoms with van der Waals surface area (Å²) in [4.78, 5) is 11.6. The number of hydrogen-bond donors (Lipinski definition) is 2. The number of nitrogens with one attached hydrogen (secondary N) is 2. The predicted octanol–water partition coefficient (Wildman–Crippen LogP) is 7.63. The maximum absolute atomic E-state index is 12.5. The van der Waals surface area contributed by atoms with Gasteiger partial charge in [0.15, 0.2) is 0 Å². The Balaban J connectivity index is 0.000000381. The summed E-state index contributed by atoms with van der Waals surface area (Å²) >= 11 is 7.67. The van der Waals surface area contributed by atoms with Crippen LogP contribution in [0.15, 0.2) is 71.9 Å². The largest absolute Gasteiger partial charge is 0.430 e. The number of rotatable bonds is 14. The molecule has 234 valence electrons. The van der Waals surface area contributed by atoms with Crippen LogP contribution in [0, 0.1) is 0 Å². The number of carbonyl (C=O) groups is 1. The Morgan fingerprint density at radius 2 is 1.83 bits per heavy atom. The first-order valence-electron chi connectivity index (χ1n) is 13.9. The van der Waals surface area contributed by atoms with Gasteiger partial charge in [-0.15, -0.1) is 11.8 Å². The molecule has 0 radical (unpaired) electrons. The minimum atomic E-state index is -3.20. The highest BCUT2D eigenvalue weighted by Gasteiger charge is 2.23. The van der Waals surface area contributed by atoms with E-state index in [9.17, 15) is 13.6 Å². The molecule has 2 aromatic carbocycles. The standard InChI is InChI=1S/C17H23ClN2OS.C11H15F2OP.C3H7NO/c1-14-12-22-13-17(20(14)9-3-8-19-2)11-21-10-15-4-6-16(18)7-5-15;1-3-8(2)9-4-6-10(7-5-9)14-11(12,13)15;1-2-4-3-5/h4-7,13,19H,1,3,8-12H2,2H3;4-8H,3,15H2,1-2H3;3H,2H2,1H3,(H,4,5). The molecule has 11 heteroatoms. The van der Waals surface area contributed by atoms with Gasteiger partial charge in [0.1, 0.15) is 5.75 Å². The van der Waals surface area contributed by atoms with E-state index in [-0.39, 0.29) is 5.75 Å². The number of nitrogens with zero attached hydrogens (tertiary/aromatic N) is 1. The summed E-state index contributed by atoms with van der Waals surface area (Å²) in [7, 11) is 3.33. The second-order valence-electron chi connectivity index (χ2n) is 9.43. The zero-order valence-corrected chi connectivity index (χ0v) is 27.7. The maximum Gasteiger partial charge on any atom is 0.408 e. The quantitative estimate of drug-likeness (QED) is 0.125. The highest BCUT2D eigenvalue weighted by Crippen LogP contribution is 2.29. The van der Waals surface area contributed by atoms with E-state index in [1.807, 2.05) is 50.4 Å². The molecule has 6 nitrogen and oxygen atoms in total. The predicted molar refractivity (Wildman–Crippen MR) is 176 cm³/mol. The maximum atomic E-state index is 12.5. The van der Waals surface area contributed by atoms with Crippen LogP contribution in [0.3, 0.4) is 0 Å². The Morgan fingerprint density at radius 1 is 1.17 bits per heavy atom. The monoisotopic (exact) mass is 643 g/mol. The molecule has 0 fully saturated rings. The van der Waals surface area contributed by atoms with Gasteiger partial charge in [-0.3, -0.25) is 4.79 Å². The highest BCUT2D eigenvalue weighted by molar-refractivity contribution is 8.02. The van der Waals surface area contributed by atoms with Crippen LogP contribution >= 0.6 is 32.6 Å². The molecular formula is C31H45ClF2N3O3PS. The second kappa shape index (κ2) is 21.5. The highest BCUT2D eigenvalue weighted by atomic mass is 35.5. The minimum absolute atomic E-state index is 0.182. The van der Waals surface area contributed by atoms with Crippen LogP contribution in [0.1, 0.15) is 50.7 Å². The Hall–Kier alpha value is -2.16. The third-order valence-electron chi connectivity index (χ3n) is 6.04. The van der Waals surface area contributed by atoms with Crippen LogP contribution < -0.4 is 15.4 Å². The Labute approximate surface area is 261 Å². The first-order chi connectivity index (χ1) is 20.0. The fourth-order valence-electron chi connectivity index (χ4n) is 3.60. The van der Waals surface area contributed by atoms with Crippen molar-refractivity contribution in [1.82, 2.24) is 15.5 Å². The molecule has 0 saturated heterocycles. The molecule has 0 aromatic heterocycles. The smallest absolute Gasteiger partial charge is 0.408 e. The van der Waals surface area contributed by atoms with E-state index in [4.69, 9.17) is 16.3 Å². The van der Waals surface area contributed by atoms with Crippen molar-refractivity contribution < 1.29 is 23.0 Å². The van der Waals surface area contributed by atoms with Crippen LogP contribution in [0.25, 0.3) is 0 Å². The topological polar surface area (TPSA) is 62.8 Å². The fourth-order valence-corrected chi connectivity index (χ4v) is 4.68. The number of alkyl halides is 2. The summed E-state index contributed by atoms with van der Waals surface area (Å²) in [6, 6.07) is 14.5. The van der Waals surface area contributed by atoms with Crippen molar-refractivity contribution in [1.29, 1.82) is 0 Å². The van der Waals surface area contributed by atoms with Crippen molar-refractivity contribution in [2.75, 3.05) is 39.0 Å². The van der Waals surface area contributed by atoms with E-state index >= 15 is 0 Å². The van der Waals surface area contributed by atoms with Crippen molar-refractivity contribution in [3.63, 3.8) is 0 Å². The molecule has 3 rings (SSSR count). The lowest BCUT2D eigenvalue weighted by molar-refractivity contribution is -0.109. The fraction of sp³-hybridized carbons (Fsp3) is 0.452. The summed E-state index contributed by atoms with van der Waals surface area (Å²) in [5, 5.41) is 8.56. The average molecular weight is 644 g/mol. The van der Waals surface area contributed by atoms with Crippen molar-refractivity contribution >= 4 is 39.0 Å². The van der Waals surface area contributed by atoms with Crippen LogP contribution in [0.4, 0.5) is 8.78 Å². The number of carbonyl (C=O) groups excluding carboxylic acids is 1. The van der Waals surface area contributed by atoms with Gasteiger partial charge >= 0.3 is 5.85 Å². The van der Waals surface area contributed by atoms with E-state index in [2.05, 4.69) is 46.1 Å². The van der Waals surface area contributed by atoms with E-state index in [1.165, 1.54) is 14.9 Å². The Kier molecular flexibility index (Phi) is 19.4. The lowest BCUT2D eigenvalue weighted by Crippen LogP contribution is -2.30. The van der Waals surface area contributed by atoms with Gasteiger partial charge in [-0.2, -0.15) is 8.78 Å². The Bertz CT molecular complexity index is 1070. The van der Waals surface area contributed by atoms with E-state index in [0.717, 1.165) is 60.1 Å². The zero-order chi connectivity index (χ0) is 31.4. The molecule has 2 unspecified atom stereocenters. The van der Waals surface area contributed by atoms with Gasteiger partial charge in [0.25, 0.3) is 0 Å². The first kappa shape index (κ1) is 37.9. The Morgan fingerprint density at radius 3 is 2.36 bits per heavy atom. The third kappa shape index (κ3) is 16.5. The molecule has 2 atom stereocenters. The summed E-state index contributed by atoms with van der Waals surface area (Å²) < 4.78 is 35.2. The van der Waals surface area contributed by atoms with Gasteiger partial charge in [-0.05, 0) is 89.3 Å². The van der Waals surface area contributed by atoms with Crippen LogP contribution in [0.5, 0.6) is 5.75 Å². The van der Waals surface area contributed by atoms with Crippen LogP contribution in [-0.2, 0) is 16.1 Å². The molecule has 42 heavy (non-hydrogen) atoms. The number of benzene rings is 2. The molecule has 0 bridgehead atoms. The summed E-state index contributed by atoms with van der Waals surface area (Å²) in [5.74, 6) is -1.62. The summed E-state index contributed by atoms with van der Waals surface area (Å²) in [6.07, 6.45) is 2.80. The van der Waals surface area contributed by atoms with Gasteiger partial charge < -0.3 is 25.0 Å². The van der Waals surface area contributed by atoms with Crippen molar-refractivity contribution in [2.45, 2.75) is 52.0 Å². The van der Waals surface area contributed by atoms with Crippen LogP contribution in [-0.4, -0.2) is 56.2 Å². The number of amides is 1. The van der Waals surface area contributed by atoms with Gasteiger partial charge in [0.2, 0.25) is 6.41 Å². The van der Waals surface area contributed by atoms with Crippen molar-refractivity contribution in [3.8, 4) is 5.75 Å². The summed E-state index contributed by atoms with van der Waals surface area (Å²) in [6.45, 7) is 14.1. The second-order valence-corrected chi connectivity index (χ2v) is 11.4. The van der Waals surface area contributed by atoms with Crippen molar-refractivity contribution in [3.05, 3.63) is 88.1 Å². The lowest BCUT2D eigenvalue weighted by atomic mass is 9.99. The number of ether oxygens (including phenoxy) is 2. The van der Waals surface area contributed by atoms with Gasteiger partial charge in [0, 0.05) is 29.6 Å². The van der Waals surface area contributed by atoms with Gasteiger partial charge in [-0.25, -0.2) is 0 Å². The van der Waals surface area contributed by atoms with Gasteiger partial charge in [-0.1, -0.05) is 56.3 Å². The van der Waals surface area contributed by atoms with E-state index in [1.54, 1.807) is 23.9 Å².